The van der Waals surface area contributed by atoms with Crippen LogP contribution in [0.15, 0.2) is 29.3 Å². The summed E-state index contributed by atoms with van der Waals surface area (Å²) in [7, 11) is -1.41. The number of carbonyl (C=O) groups is 1. The third-order valence-electron chi connectivity index (χ3n) is 4.31. The number of halogens is 1. The first-order chi connectivity index (χ1) is 11.9. The molecule has 25 heavy (non-hydrogen) atoms. The lowest BCUT2D eigenvalue weighted by Gasteiger charge is -2.24. The van der Waals surface area contributed by atoms with E-state index in [0.29, 0.717) is 11.7 Å². The summed E-state index contributed by atoms with van der Waals surface area (Å²) < 4.78 is 29.0. The largest absolute Gasteiger partial charge is 0.497 e. The van der Waals surface area contributed by atoms with Crippen molar-refractivity contribution in [3.8, 4) is 5.75 Å². The van der Waals surface area contributed by atoms with Crippen LogP contribution in [0.3, 0.4) is 0 Å². The number of ether oxygens (including phenoxy) is 1. The average Bonchev–Trinajstić information content (AvgIpc) is 3.04. The Labute approximate surface area is 156 Å². The summed E-state index contributed by atoms with van der Waals surface area (Å²) in [5, 5.41) is 0.520. The molecule has 6 nitrogen and oxygen atoms in total. The Morgan fingerprint density at radius 2 is 2.08 bits per heavy atom. The van der Waals surface area contributed by atoms with E-state index in [1.807, 2.05) is 29.2 Å². The number of sulfone groups is 1. The van der Waals surface area contributed by atoms with Crippen LogP contribution in [-0.4, -0.2) is 66.7 Å². The van der Waals surface area contributed by atoms with Gasteiger partial charge in [-0.05, 0) is 24.1 Å². The van der Waals surface area contributed by atoms with E-state index in [0.717, 1.165) is 17.7 Å². The topological polar surface area (TPSA) is 76.0 Å². The minimum Gasteiger partial charge on any atom is -0.497 e. The van der Waals surface area contributed by atoms with Gasteiger partial charge in [-0.25, -0.2) is 8.42 Å². The highest BCUT2D eigenvalue weighted by Gasteiger charge is 2.48. The van der Waals surface area contributed by atoms with Crippen molar-refractivity contribution in [2.45, 2.75) is 17.7 Å². The maximum atomic E-state index is 11.9. The van der Waals surface area contributed by atoms with Crippen molar-refractivity contribution in [1.29, 1.82) is 0 Å². The van der Waals surface area contributed by atoms with Gasteiger partial charge in [-0.1, -0.05) is 23.9 Å². The molecule has 0 bridgehead atoms. The quantitative estimate of drug-likeness (QED) is 0.696. The first-order valence-corrected chi connectivity index (χ1v) is 11.1. The van der Waals surface area contributed by atoms with Gasteiger partial charge in [0.25, 0.3) is 5.91 Å². The van der Waals surface area contributed by atoms with E-state index < -0.39 is 15.7 Å². The highest BCUT2D eigenvalue weighted by Crippen LogP contribution is 2.38. The number of thioether (sulfide) groups is 1. The van der Waals surface area contributed by atoms with E-state index in [1.54, 1.807) is 7.11 Å². The van der Waals surface area contributed by atoms with E-state index in [-0.39, 0.29) is 28.7 Å². The molecule has 1 aromatic carbocycles. The van der Waals surface area contributed by atoms with Gasteiger partial charge in [0, 0.05) is 11.8 Å². The van der Waals surface area contributed by atoms with Crippen LogP contribution in [0.1, 0.15) is 5.56 Å². The van der Waals surface area contributed by atoms with E-state index in [4.69, 9.17) is 16.3 Å². The van der Waals surface area contributed by atoms with Crippen LogP contribution in [0.5, 0.6) is 5.75 Å². The fourth-order valence-corrected chi connectivity index (χ4v) is 7.13. The van der Waals surface area contributed by atoms with Crippen molar-refractivity contribution in [3.63, 3.8) is 0 Å². The molecule has 2 heterocycles. The van der Waals surface area contributed by atoms with Crippen LogP contribution in [0.25, 0.3) is 0 Å². The van der Waals surface area contributed by atoms with Crippen LogP contribution in [0.4, 0.5) is 0 Å². The molecule has 2 saturated heterocycles. The zero-order valence-corrected chi connectivity index (χ0v) is 16.1. The molecule has 0 aliphatic carbocycles. The van der Waals surface area contributed by atoms with Gasteiger partial charge >= 0.3 is 0 Å². The van der Waals surface area contributed by atoms with Crippen LogP contribution in [-0.2, 0) is 21.1 Å². The number of hydrogen-bond donors (Lipinski definition) is 0. The van der Waals surface area contributed by atoms with Crippen molar-refractivity contribution in [1.82, 2.24) is 4.90 Å². The summed E-state index contributed by atoms with van der Waals surface area (Å²) in [5.74, 6) is 0.458. The molecular weight excluding hydrogens is 384 g/mol. The van der Waals surface area contributed by atoms with Crippen LogP contribution in [0.2, 0.25) is 0 Å². The maximum Gasteiger partial charge on any atom is 0.262 e. The number of amidine groups is 1. The number of nitrogens with zero attached hydrogens (tertiary/aromatic N) is 2. The maximum absolute atomic E-state index is 11.9. The third-order valence-corrected chi connectivity index (χ3v) is 7.79. The average molecular weight is 403 g/mol. The second-order valence-electron chi connectivity index (χ2n) is 6.01. The lowest BCUT2D eigenvalue weighted by atomic mass is 10.1. The molecule has 0 saturated carbocycles. The second-order valence-corrected chi connectivity index (χ2v) is 9.64. The number of amides is 1. The summed E-state index contributed by atoms with van der Waals surface area (Å²) >= 11 is 6.93. The minimum absolute atomic E-state index is 0.0669. The van der Waals surface area contributed by atoms with Gasteiger partial charge in [0.15, 0.2) is 15.0 Å². The first-order valence-electron chi connectivity index (χ1n) is 7.86. The number of rotatable bonds is 5. The zero-order chi connectivity index (χ0) is 18.0. The Hall–Kier alpha value is -1.25. The number of hydrogen-bond acceptors (Lipinski definition) is 5. The summed E-state index contributed by atoms with van der Waals surface area (Å²) in [5.41, 5.74) is 1.11. The van der Waals surface area contributed by atoms with Crippen molar-refractivity contribution < 1.29 is 17.9 Å². The van der Waals surface area contributed by atoms with Gasteiger partial charge in [0.2, 0.25) is 0 Å². The van der Waals surface area contributed by atoms with Gasteiger partial charge in [0.05, 0.1) is 24.7 Å². The monoisotopic (exact) mass is 402 g/mol. The fourth-order valence-electron chi connectivity index (χ4n) is 3.08. The smallest absolute Gasteiger partial charge is 0.262 e. The van der Waals surface area contributed by atoms with Gasteiger partial charge in [-0.15, -0.1) is 11.6 Å². The van der Waals surface area contributed by atoms with Gasteiger partial charge in [-0.2, -0.15) is 4.99 Å². The van der Waals surface area contributed by atoms with Crippen LogP contribution in [0, 0.1) is 0 Å². The number of methoxy groups -OCH3 is 1. The Morgan fingerprint density at radius 3 is 2.72 bits per heavy atom. The third kappa shape index (κ3) is 4.30. The summed E-state index contributed by atoms with van der Waals surface area (Å²) in [6, 6.07) is 7.61. The normalized spacial score (nSPS) is 26.0. The minimum atomic E-state index is -3.03. The second kappa shape index (κ2) is 7.55. The molecule has 2 fully saturated rings. The summed E-state index contributed by atoms with van der Waals surface area (Å²) in [6.07, 6.45) is 0.724. The lowest BCUT2D eigenvalue weighted by Crippen LogP contribution is -2.39. The standard InChI is InChI=1S/C16H19ClN2O4S2/c1-23-12-4-2-11(3-5-12)6-7-19-13-9-25(21,22)10-14(13)24-16(19)18-15(20)8-17/h2-5,13-14H,6-10H2,1H3/t13-,14+/m1/s1. The Bertz CT molecular complexity index is 780. The fraction of sp³-hybridized carbons (Fsp3) is 0.500. The number of carbonyl (C=O) groups excluding carboxylic acids is 1. The van der Waals surface area contributed by atoms with E-state index in [9.17, 15) is 13.2 Å². The lowest BCUT2D eigenvalue weighted by molar-refractivity contribution is -0.115. The van der Waals surface area contributed by atoms with E-state index >= 15 is 0 Å². The molecule has 1 amide bonds. The molecule has 2 aliphatic heterocycles. The molecule has 9 heteroatoms. The Balaban J connectivity index is 1.76. The van der Waals surface area contributed by atoms with Crippen molar-refractivity contribution in [2.75, 3.05) is 31.0 Å². The molecule has 2 aliphatic rings. The summed E-state index contributed by atoms with van der Waals surface area (Å²) in [6.45, 7) is 0.602. The number of benzene rings is 1. The molecule has 1 aromatic rings. The van der Waals surface area contributed by atoms with E-state index in [2.05, 4.69) is 4.99 Å². The van der Waals surface area contributed by atoms with Gasteiger partial charge in [-0.3, -0.25) is 4.79 Å². The number of aliphatic imine (C=N–C) groups is 1. The predicted molar refractivity (Wildman–Crippen MR) is 100 cm³/mol. The van der Waals surface area contributed by atoms with Crippen LogP contribution < -0.4 is 4.74 Å². The molecule has 136 valence electrons. The van der Waals surface area contributed by atoms with Gasteiger partial charge < -0.3 is 9.64 Å². The Morgan fingerprint density at radius 1 is 1.36 bits per heavy atom. The zero-order valence-electron chi connectivity index (χ0n) is 13.7. The molecule has 0 spiro atoms. The SMILES string of the molecule is COc1ccc(CCN2C(=NC(=O)CCl)S[C@H]3CS(=O)(=O)C[C@H]32)cc1. The van der Waals surface area contributed by atoms with Crippen molar-refractivity contribution in [2.24, 2.45) is 4.99 Å². The molecule has 0 N–H and O–H groups in total. The van der Waals surface area contributed by atoms with E-state index in [1.165, 1.54) is 11.8 Å². The molecule has 0 aromatic heterocycles. The molecular formula is C16H19ClN2O4S2. The number of fused-ring (bicyclic) bond motifs is 1. The van der Waals surface area contributed by atoms with Crippen molar-refractivity contribution in [3.05, 3.63) is 29.8 Å². The van der Waals surface area contributed by atoms with Crippen molar-refractivity contribution >= 4 is 44.3 Å². The summed E-state index contributed by atoms with van der Waals surface area (Å²) in [4.78, 5) is 17.6. The predicted octanol–water partition coefficient (Wildman–Crippen LogP) is 1.57. The first kappa shape index (κ1) is 18.5. The number of alkyl halides is 1. The van der Waals surface area contributed by atoms with Crippen LogP contribution >= 0.6 is 23.4 Å². The molecule has 0 unspecified atom stereocenters. The molecule has 2 atom stereocenters. The molecule has 3 rings (SSSR count). The Kier molecular flexibility index (Phi) is 5.60. The highest BCUT2D eigenvalue weighted by molar-refractivity contribution is 8.15. The molecule has 0 radical (unpaired) electrons. The highest BCUT2D eigenvalue weighted by atomic mass is 35.5. The van der Waals surface area contributed by atoms with Gasteiger partial charge in [0.1, 0.15) is 11.6 Å².